The summed E-state index contributed by atoms with van der Waals surface area (Å²) < 4.78 is 25.1. The molecule has 2 aromatic carbocycles. The standard InChI is InChI=1S/C59H84N6O12/c1-32(2)31-63-24-22-59(23-25-63)61-44-41-42-49(68)38(8)52-43(41)53(70)58(11,77-52)75-30-21-40(74-12)35(5)51(76-56(73)57(9,10)55(72)65-28-26-64(27-29-65)39-19-14-13-15-20-39)37(7)48(67)36(6)47(66)33(3)17-16-18-34(4)54(71)60-46(50(42)69)45(44)62-59/h16-18,21,30,32-33,35-37,39-40,47-48,51,61,66-69H,13-15,19-20,22-29,31H2,1-12H3/b17-16+,30-21+,34-18-,60-46?/t33-,35+,36+,37+,40-,47-,48+,51+,58-/m0/s1. The third-order valence-electron chi connectivity index (χ3n) is 17.6. The van der Waals surface area contributed by atoms with Gasteiger partial charge in [0.05, 0.1) is 41.2 Å². The van der Waals surface area contributed by atoms with Crippen molar-refractivity contribution >= 4 is 40.0 Å². The number of phenolic OH excluding ortho intramolecular Hbond substituents is 2. The van der Waals surface area contributed by atoms with Crippen molar-refractivity contribution in [2.75, 3.05) is 58.2 Å². The lowest BCUT2D eigenvalue weighted by atomic mass is 9.78. The van der Waals surface area contributed by atoms with Crippen molar-refractivity contribution in [2.45, 2.75) is 163 Å². The summed E-state index contributed by atoms with van der Waals surface area (Å²) in [5, 5.41) is 51.8. The molecule has 9 rings (SSSR count). The number of hydrogen-bond donors (Lipinski definition) is 5. The first-order valence-electron chi connectivity index (χ1n) is 28.0. The highest BCUT2D eigenvalue weighted by Gasteiger charge is 2.51. The topological polar surface area (TPSA) is 233 Å². The molecule has 2 amide bonds. The van der Waals surface area contributed by atoms with Gasteiger partial charge in [0.1, 0.15) is 39.4 Å². The Hall–Kier alpha value is -5.40. The Bertz CT molecular complexity index is 2820. The molecule has 422 valence electrons. The van der Waals surface area contributed by atoms with Crippen LogP contribution in [0.5, 0.6) is 17.2 Å². The number of anilines is 1. The van der Waals surface area contributed by atoms with E-state index in [-0.39, 0.29) is 55.6 Å². The summed E-state index contributed by atoms with van der Waals surface area (Å²) in [6, 6.07) is 0.513. The Morgan fingerprint density at radius 1 is 0.883 bits per heavy atom. The van der Waals surface area contributed by atoms with Crippen molar-refractivity contribution in [3.05, 3.63) is 58.0 Å². The second kappa shape index (κ2) is 22.8. The molecular weight excluding hydrogens is 985 g/mol. The number of allylic oxidation sites excluding steroid dienone is 2. The first kappa shape index (κ1) is 57.8. The molecule has 0 radical (unpaired) electrons. The van der Waals surface area contributed by atoms with E-state index in [2.05, 4.69) is 34.0 Å². The molecule has 5 bridgehead atoms. The van der Waals surface area contributed by atoms with E-state index in [1.54, 1.807) is 78.5 Å². The summed E-state index contributed by atoms with van der Waals surface area (Å²) in [6.07, 6.45) is 10.4. The van der Waals surface area contributed by atoms with Crippen LogP contribution in [0.1, 0.15) is 130 Å². The minimum Gasteiger partial charge on any atom is -0.507 e. The van der Waals surface area contributed by atoms with Gasteiger partial charge in [-0.05, 0) is 52.5 Å². The van der Waals surface area contributed by atoms with E-state index in [9.17, 15) is 34.8 Å². The van der Waals surface area contributed by atoms with Gasteiger partial charge < -0.3 is 54.5 Å². The maximum Gasteiger partial charge on any atom is 0.321 e. The lowest BCUT2D eigenvalue weighted by Crippen LogP contribution is -2.56. The lowest BCUT2D eigenvalue weighted by molar-refractivity contribution is -0.178. The van der Waals surface area contributed by atoms with Crippen LogP contribution in [0.2, 0.25) is 0 Å². The summed E-state index contributed by atoms with van der Waals surface area (Å²) in [6.45, 7) is 23.8. The van der Waals surface area contributed by atoms with Gasteiger partial charge in [0.2, 0.25) is 5.91 Å². The molecule has 6 aliphatic heterocycles. The summed E-state index contributed by atoms with van der Waals surface area (Å²) in [4.78, 5) is 74.2. The number of aliphatic hydroxyl groups is 2. The summed E-state index contributed by atoms with van der Waals surface area (Å²) in [7, 11) is 1.46. The van der Waals surface area contributed by atoms with Gasteiger partial charge in [-0.15, -0.1) is 0 Å². The number of rotatable bonds is 7. The number of likely N-dealkylation sites (tertiary alicyclic amines) is 1. The predicted molar refractivity (Wildman–Crippen MR) is 291 cm³/mol. The number of ketones is 1. The van der Waals surface area contributed by atoms with Gasteiger partial charge in [-0.3, -0.25) is 29.1 Å². The third kappa shape index (κ3) is 11.2. The van der Waals surface area contributed by atoms with Gasteiger partial charge >= 0.3 is 11.8 Å². The first-order valence-corrected chi connectivity index (χ1v) is 28.0. The number of nitrogens with zero attached hydrogens (tertiary/aromatic N) is 5. The van der Waals surface area contributed by atoms with Crippen LogP contribution < -0.4 is 20.8 Å². The molecule has 1 aliphatic carbocycles. The summed E-state index contributed by atoms with van der Waals surface area (Å²) in [5.41, 5.74) is -1.82. The van der Waals surface area contributed by atoms with Crippen molar-refractivity contribution < 1.29 is 58.6 Å². The maximum absolute atomic E-state index is 15.0. The van der Waals surface area contributed by atoms with Crippen molar-refractivity contribution in [2.24, 2.45) is 45.0 Å². The molecule has 0 aromatic heterocycles. The third-order valence-corrected chi connectivity index (χ3v) is 17.6. The van der Waals surface area contributed by atoms with Crippen molar-refractivity contribution in [1.82, 2.24) is 14.7 Å². The fourth-order valence-electron chi connectivity index (χ4n) is 12.5. The average Bonchev–Trinajstić information content (AvgIpc) is 4.12. The molecule has 18 heteroatoms. The Labute approximate surface area is 453 Å². The van der Waals surface area contributed by atoms with Gasteiger partial charge in [-0.25, -0.2) is 4.99 Å². The second-order valence-electron chi connectivity index (χ2n) is 24.0. The van der Waals surface area contributed by atoms with Crippen molar-refractivity contribution in [1.29, 1.82) is 0 Å². The van der Waals surface area contributed by atoms with Crippen molar-refractivity contribution in [3.63, 3.8) is 0 Å². The quantitative estimate of drug-likeness (QED) is 0.118. The molecule has 5 N–H and O–H groups in total. The predicted octanol–water partition coefficient (Wildman–Crippen LogP) is 6.23. The number of amides is 2. The fourth-order valence-corrected chi connectivity index (χ4v) is 12.5. The largest absolute Gasteiger partial charge is 0.507 e. The molecule has 2 saturated heterocycles. The van der Waals surface area contributed by atoms with Crippen LogP contribution in [0, 0.1) is 41.9 Å². The van der Waals surface area contributed by atoms with Gasteiger partial charge in [0, 0.05) is 119 Å². The Morgan fingerprint density at radius 3 is 2.18 bits per heavy atom. The summed E-state index contributed by atoms with van der Waals surface area (Å²) in [5.74, 6) is -7.82. The molecule has 77 heavy (non-hydrogen) atoms. The highest BCUT2D eigenvalue weighted by atomic mass is 16.7. The molecule has 6 heterocycles. The van der Waals surface area contributed by atoms with E-state index in [0.717, 1.165) is 32.5 Å². The van der Waals surface area contributed by atoms with Gasteiger partial charge in [0.15, 0.2) is 5.75 Å². The number of hydrogen-bond acceptors (Lipinski definition) is 16. The number of carbonyl (C=O) groups is 4. The van der Waals surface area contributed by atoms with Gasteiger partial charge in [0.25, 0.3) is 11.7 Å². The number of Topliss-reactive ketones (excluding diaryl/α,β-unsaturated/α-hetero) is 1. The van der Waals surface area contributed by atoms with E-state index in [1.165, 1.54) is 45.6 Å². The first-order chi connectivity index (χ1) is 36.3. The molecule has 1 spiro atoms. The molecule has 3 fully saturated rings. The molecule has 1 saturated carbocycles. The van der Waals surface area contributed by atoms with Crippen LogP contribution in [0.4, 0.5) is 5.69 Å². The Kier molecular flexibility index (Phi) is 17.1. The zero-order chi connectivity index (χ0) is 56.1. The van der Waals surface area contributed by atoms with Crippen LogP contribution in [-0.4, -0.2) is 154 Å². The average molecular weight is 1070 g/mol. The number of methoxy groups -OCH3 is 1. The number of esters is 1. The molecule has 0 unspecified atom stereocenters. The number of aliphatic hydroxyl groups excluding tert-OH is 2. The number of nitrogens with one attached hydrogen (secondary N) is 1. The SMILES string of the molecule is CO[C@H]1/C=C/O[C@@]2(C)Oc3c(C)c(O)c4c(O)c(c5c(c4c3C2=O)NC2(CCN(CC(C)C)CC2)N=5)=NC(=O)/C(C)=C\C=C\[C@H](C)[C@H](O)[C@@H](C)[C@@H](O)[C@@H](C)[C@H](OC(=O)C(C)(C)C(=O)N2CCN(C3CCCCC3)CC2)[C@@H]1C. The van der Waals surface area contributed by atoms with E-state index < -0.39 is 88.4 Å². The zero-order valence-electron chi connectivity index (χ0n) is 47.4. The molecule has 18 nitrogen and oxygen atoms in total. The molecular formula is C59H84N6O12. The van der Waals surface area contributed by atoms with E-state index in [4.69, 9.17) is 23.9 Å². The Morgan fingerprint density at radius 2 is 1.55 bits per heavy atom. The van der Waals surface area contributed by atoms with E-state index >= 15 is 4.79 Å². The number of phenols is 2. The molecule has 9 atom stereocenters. The fraction of sp³-hybridized carbons (Fsp3) is 0.661. The number of ether oxygens (including phenoxy) is 4. The number of benzene rings is 2. The number of carbonyl (C=O) groups excluding carboxylic acids is 4. The minimum absolute atomic E-state index is 0.0310. The molecule has 2 aromatic rings. The zero-order valence-corrected chi connectivity index (χ0v) is 47.4. The molecule has 7 aliphatic rings. The lowest BCUT2D eigenvalue weighted by Gasteiger charge is -2.43. The van der Waals surface area contributed by atoms with Crippen LogP contribution >= 0.6 is 0 Å². The minimum atomic E-state index is -2.02. The van der Waals surface area contributed by atoms with Crippen LogP contribution in [0.25, 0.3) is 10.8 Å². The Balaban J connectivity index is 1.16. The van der Waals surface area contributed by atoms with Gasteiger partial charge in [-0.1, -0.05) is 79.0 Å². The van der Waals surface area contributed by atoms with Crippen LogP contribution in [0.3, 0.4) is 0 Å². The van der Waals surface area contributed by atoms with Gasteiger partial charge in [-0.2, -0.15) is 0 Å². The monoisotopic (exact) mass is 1070 g/mol. The van der Waals surface area contributed by atoms with E-state index in [0.29, 0.717) is 56.7 Å². The van der Waals surface area contributed by atoms with Crippen LogP contribution in [0.15, 0.2) is 46.1 Å². The number of aromatic hydroxyl groups is 2. The van der Waals surface area contributed by atoms with E-state index in [1.807, 2.05) is 0 Å². The highest BCUT2D eigenvalue weighted by Crippen LogP contribution is 2.51. The normalized spacial score (nSPS) is 31.5. The van der Waals surface area contributed by atoms with Crippen molar-refractivity contribution in [3.8, 4) is 17.2 Å². The second-order valence-corrected chi connectivity index (χ2v) is 24.0. The van der Waals surface area contributed by atoms with Crippen LogP contribution in [-0.2, 0) is 28.6 Å². The number of piperazine rings is 1. The number of fused-ring (bicyclic) bond motifs is 13. The maximum atomic E-state index is 15.0. The highest BCUT2D eigenvalue weighted by molar-refractivity contribution is 6.21. The number of piperidine rings is 1. The summed E-state index contributed by atoms with van der Waals surface area (Å²) >= 11 is 0. The smallest absolute Gasteiger partial charge is 0.321 e.